The molecule has 1 rings (SSSR count). The number of amidine groups is 1. The second-order valence-corrected chi connectivity index (χ2v) is 4.13. The lowest BCUT2D eigenvalue weighted by atomic mass is 10.1. The van der Waals surface area contributed by atoms with E-state index < -0.39 is 0 Å². The van der Waals surface area contributed by atoms with Gasteiger partial charge in [0.25, 0.3) is 0 Å². The fraction of sp³-hybridized carbons (Fsp3) is 0.857. The van der Waals surface area contributed by atoms with Gasteiger partial charge in [-0.3, -0.25) is 4.99 Å². The number of nitrogens with zero attached hydrogens (tertiary/aromatic N) is 1. The third-order valence-electron chi connectivity index (χ3n) is 1.73. The fourth-order valence-electron chi connectivity index (χ4n) is 1.07. The Kier molecular flexibility index (Phi) is 3.45. The lowest BCUT2D eigenvalue weighted by Crippen LogP contribution is -2.25. The number of alkyl halides is 1. The Hall–Kier alpha value is 0.200. The first-order valence-electron chi connectivity index (χ1n) is 3.74. The van der Waals surface area contributed by atoms with Gasteiger partial charge >= 0.3 is 0 Å². The molecule has 0 aromatic heterocycles. The molecule has 0 spiro atoms. The first kappa shape index (κ1) is 8.30. The zero-order valence-electron chi connectivity index (χ0n) is 6.02. The minimum atomic E-state index is 0.484. The molecular weight excluding hydrogens is 239 g/mol. The molecule has 2 nitrogen and oxygen atoms in total. The molecule has 0 aliphatic carbocycles. The van der Waals surface area contributed by atoms with Gasteiger partial charge in [0.15, 0.2) is 0 Å². The van der Waals surface area contributed by atoms with Crippen LogP contribution < -0.4 is 5.73 Å². The first-order chi connectivity index (χ1) is 4.80. The van der Waals surface area contributed by atoms with E-state index in [1.807, 2.05) is 0 Å². The highest BCUT2D eigenvalue weighted by molar-refractivity contribution is 14.1. The third kappa shape index (κ3) is 2.44. The molecule has 2 N–H and O–H groups in total. The molecule has 1 unspecified atom stereocenters. The van der Waals surface area contributed by atoms with Crippen LogP contribution in [0.3, 0.4) is 0 Å². The van der Waals surface area contributed by atoms with Crippen molar-refractivity contribution in [3.05, 3.63) is 0 Å². The molecule has 1 heterocycles. The molecule has 10 heavy (non-hydrogen) atoms. The van der Waals surface area contributed by atoms with Gasteiger partial charge in [0.1, 0.15) is 5.84 Å². The van der Waals surface area contributed by atoms with Crippen LogP contribution in [0, 0.1) is 0 Å². The molecule has 1 aliphatic rings. The van der Waals surface area contributed by atoms with Gasteiger partial charge in [-0.2, -0.15) is 0 Å². The minimum absolute atomic E-state index is 0.484. The molecule has 3 heteroatoms. The second-order valence-electron chi connectivity index (χ2n) is 2.62. The Bertz CT molecular complexity index is 134. The van der Waals surface area contributed by atoms with E-state index in [1.165, 1.54) is 25.7 Å². The minimum Gasteiger partial charge on any atom is -0.387 e. The van der Waals surface area contributed by atoms with Crippen LogP contribution in [0.25, 0.3) is 0 Å². The van der Waals surface area contributed by atoms with Crippen LogP contribution >= 0.6 is 22.6 Å². The van der Waals surface area contributed by atoms with Crippen molar-refractivity contribution in [1.82, 2.24) is 0 Å². The van der Waals surface area contributed by atoms with Crippen molar-refractivity contribution in [3.63, 3.8) is 0 Å². The number of hydrogen-bond acceptors (Lipinski definition) is 2. The average molecular weight is 252 g/mol. The predicted octanol–water partition coefficient (Wildman–Crippen LogP) is 1.72. The highest BCUT2D eigenvalue weighted by atomic mass is 127. The summed E-state index contributed by atoms with van der Waals surface area (Å²) in [5, 5.41) is 0. The van der Waals surface area contributed by atoms with Crippen molar-refractivity contribution < 1.29 is 0 Å². The highest BCUT2D eigenvalue weighted by Gasteiger charge is 2.09. The van der Waals surface area contributed by atoms with E-state index in [4.69, 9.17) is 5.73 Å². The lowest BCUT2D eigenvalue weighted by molar-refractivity contribution is 0.652. The molecule has 0 aromatic rings. The fourth-order valence-corrected chi connectivity index (χ4v) is 1.70. The maximum atomic E-state index is 5.69. The Morgan fingerprint density at radius 3 is 3.00 bits per heavy atom. The van der Waals surface area contributed by atoms with E-state index in [0.717, 1.165) is 12.4 Å². The number of halogens is 1. The summed E-state index contributed by atoms with van der Waals surface area (Å²) in [5.74, 6) is 0.848. The number of rotatable bonds is 0. The van der Waals surface area contributed by atoms with E-state index in [9.17, 15) is 0 Å². The largest absolute Gasteiger partial charge is 0.387 e. The van der Waals surface area contributed by atoms with E-state index in [-0.39, 0.29) is 0 Å². The van der Waals surface area contributed by atoms with E-state index >= 15 is 0 Å². The van der Waals surface area contributed by atoms with Crippen molar-refractivity contribution in [1.29, 1.82) is 0 Å². The Labute approximate surface area is 75.4 Å². The Morgan fingerprint density at radius 1 is 1.40 bits per heavy atom. The topological polar surface area (TPSA) is 38.4 Å². The molecule has 1 atom stereocenters. The average Bonchev–Trinajstić information content (AvgIpc) is 1.92. The van der Waals surface area contributed by atoms with Crippen LogP contribution in [0.15, 0.2) is 4.99 Å². The molecule has 0 fully saturated rings. The van der Waals surface area contributed by atoms with Crippen LogP contribution in [0.5, 0.6) is 0 Å². The zero-order chi connectivity index (χ0) is 7.40. The van der Waals surface area contributed by atoms with E-state index in [2.05, 4.69) is 27.6 Å². The lowest BCUT2D eigenvalue weighted by Gasteiger charge is -2.11. The summed E-state index contributed by atoms with van der Waals surface area (Å²) in [6, 6.07) is 0. The van der Waals surface area contributed by atoms with Crippen molar-refractivity contribution in [2.24, 2.45) is 10.7 Å². The normalized spacial score (nSPS) is 28.5. The van der Waals surface area contributed by atoms with Gasteiger partial charge in [-0.05, 0) is 12.8 Å². The van der Waals surface area contributed by atoms with E-state index in [0.29, 0.717) is 3.92 Å². The van der Waals surface area contributed by atoms with Crippen molar-refractivity contribution in [3.8, 4) is 0 Å². The molecule has 0 radical (unpaired) electrons. The zero-order valence-corrected chi connectivity index (χ0v) is 8.17. The SMILES string of the molecule is NC1=NCCCCCC1I. The molecule has 0 aromatic carbocycles. The smallest absolute Gasteiger partial charge is 0.107 e. The molecule has 1 aliphatic heterocycles. The molecule has 58 valence electrons. The molecule has 0 saturated carbocycles. The molecule has 0 bridgehead atoms. The summed E-state index contributed by atoms with van der Waals surface area (Å²) in [5.41, 5.74) is 5.69. The van der Waals surface area contributed by atoms with Crippen molar-refractivity contribution >= 4 is 28.4 Å². The van der Waals surface area contributed by atoms with Crippen LogP contribution in [-0.2, 0) is 0 Å². The van der Waals surface area contributed by atoms with Gasteiger partial charge in [0.2, 0.25) is 0 Å². The van der Waals surface area contributed by atoms with Gasteiger partial charge < -0.3 is 5.73 Å². The summed E-state index contributed by atoms with van der Waals surface area (Å²) >= 11 is 2.37. The van der Waals surface area contributed by atoms with Crippen molar-refractivity contribution in [2.75, 3.05) is 6.54 Å². The second kappa shape index (κ2) is 4.16. The molecule has 0 saturated heterocycles. The summed E-state index contributed by atoms with van der Waals surface area (Å²) < 4.78 is 0.484. The Morgan fingerprint density at radius 2 is 2.20 bits per heavy atom. The van der Waals surface area contributed by atoms with Crippen LogP contribution in [-0.4, -0.2) is 16.3 Å². The highest BCUT2D eigenvalue weighted by Crippen LogP contribution is 2.14. The summed E-state index contributed by atoms with van der Waals surface area (Å²) in [4.78, 5) is 4.25. The van der Waals surface area contributed by atoms with Gasteiger partial charge in [-0.15, -0.1) is 0 Å². The van der Waals surface area contributed by atoms with Crippen LogP contribution in [0.2, 0.25) is 0 Å². The maximum Gasteiger partial charge on any atom is 0.107 e. The summed E-state index contributed by atoms with van der Waals surface area (Å²) in [7, 11) is 0. The summed E-state index contributed by atoms with van der Waals surface area (Å²) in [6.07, 6.45) is 5.04. The maximum absolute atomic E-state index is 5.69. The summed E-state index contributed by atoms with van der Waals surface area (Å²) in [6.45, 7) is 0.936. The molecular formula is C7H13IN2. The third-order valence-corrected chi connectivity index (χ3v) is 2.99. The monoisotopic (exact) mass is 252 g/mol. The van der Waals surface area contributed by atoms with Crippen LogP contribution in [0.1, 0.15) is 25.7 Å². The van der Waals surface area contributed by atoms with Gasteiger partial charge in [-0.25, -0.2) is 0 Å². The van der Waals surface area contributed by atoms with Gasteiger partial charge in [0.05, 0.1) is 3.92 Å². The Balaban J connectivity index is 2.48. The van der Waals surface area contributed by atoms with Gasteiger partial charge in [-0.1, -0.05) is 35.4 Å². The van der Waals surface area contributed by atoms with Crippen molar-refractivity contribution in [2.45, 2.75) is 29.6 Å². The van der Waals surface area contributed by atoms with Crippen LogP contribution in [0.4, 0.5) is 0 Å². The number of hydrogen-bond donors (Lipinski definition) is 1. The quantitative estimate of drug-likeness (QED) is 0.517. The number of nitrogens with two attached hydrogens (primary N) is 1. The molecule has 0 amide bonds. The predicted molar refractivity (Wildman–Crippen MR) is 52.8 cm³/mol. The van der Waals surface area contributed by atoms with E-state index in [1.54, 1.807) is 0 Å². The first-order valence-corrected chi connectivity index (χ1v) is 4.99. The number of aliphatic imine (C=N–C) groups is 1. The standard InChI is InChI=1S/C7H13IN2/c8-6-4-2-1-3-5-10-7(6)9/h6H,1-5H2,(H2,9,10). The van der Waals surface area contributed by atoms with Gasteiger partial charge in [0, 0.05) is 6.54 Å².